The van der Waals surface area contributed by atoms with Crippen LogP contribution in [0.3, 0.4) is 0 Å². The third kappa shape index (κ3) is 2.53. The molecule has 0 bridgehead atoms. The Morgan fingerprint density at radius 2 is 2.21 bits per heavy atom. The summed E-state index contributed by atoms with van der Waals surface area (Å²) in [6.07, 6.45) is 0. The number of amides is 1. The standard InChI is InChI=1S/C15H14N2OS/c1-10-2-3-13-12(6-10)7-14(17-13)15(18)16-8-11-4-5-19-9-11/h2-7,9,17H,8H2,1H3,(H,16,18). The number of nitrogens with one attached hydrogen (secondary N) is 2. The van der Waals surface area contributed by atoms with E-state index in [1.807, 2.05) is 41.9 Å². The monoisotopic (exact) mass is 270 g/mol. The van der Waals surface area contributed by atoms with Crippen molar-refractivity contribution in [1.82, 2.24) is 10.3 Å². The van der Waals surface area contributed by atoms with Gasteiger partial charge in [-0.3, -0.25) is 4.79 Å². The number of carbonyl (C=O) groups is 1. The van der Waals surface area contributed by atoms with Crippen LogP contribution in [0, 0.1) is 6.92 Å². The van der Waals surface area contributed by atoms with Gasteiger partial charge in [0.05, 0.1) is 0 Å². The van der Waals surface area contributed by atoms with Crippen molar-refractivity contribution in [2.45, 2.75) is 13.5 Å². The first-order chi connectivity index (χ1) is 9.22. The highest BCUT2D eigenvalue weighted by Crippen LogP contribution is 2.17. The molecule has 0 saturated heterocycles. The van der Waals surface area contributed by atoms with Crippen LogP contribution in [-0.4, -0.2) is 10.9 Å². The summed E-state index contributed by atoms with van der Waals surface area (Å²) in [4.78, 5) is 15.2. The van der Waals surface area contributed by atoms with Crippen molar-refractivity contribution in [2.24, 2.45) is 0 Å². The highest BCUT2D eigenvalue weighted by atomic mass is 32.1. The van der Waals surface area contributed by atoms with Crippen molar-refractivity contribution in [3.63, 3.8) is 0 Å². The van der Waals surface area contributed by atoms with E-state index in [1.54, 1.807) is 11.3 Å². The number of hydrogen-bond donors (Lipinski definition) is 2. The molecule has 2 N–H and O–H groups in total. The molecule has 0 spiro atoms. The Labute approximate surface area is 115 Å². The van der Waals surface area contributed by atoms with Crippen LogP contribution >= 0.6 is 11.3 Å². The second kappa shape index (κ2) is 4.90. The average molecular weight is 270 g/mol. The first kappa shape index (κ1) is 12.0. The molecule has 96 valence electrons. The Kier molecular flexibility index (Phi) is 3.09. The summed E-state index contributed by atoms with van der Waals surface area (Å²) >= 11 is 1.63. The van der Waals surface area contributed by atoms with Gasteiger partial charge in [-0.2, -0.15) is 11.3 Å². The highest BCUT2D eigenvalue weighted by molar-refractivity contribution is 7.07. The summed E-state index contributed by atoms with van der Waals surface area (Å²) < 4.78 is 0. The van der Waals surface area contributed by atoms with Crippen LogP contribution in [0.1, 0.15) is 21.6 Å². The van der Waals surface area contributed by atoms with Crippen LogP contribution in [0.25, 0.3) is 10.9 Å². The lowest BCUT2D eigenvalue weighted by Crippen LogP contribution is -2.22. The van der Waals surface area contributed by atoms with Gasteiger partial charge in [-0.25, -0.2) is 0 Å². The van der Waals surface area contributed by atoms with Crippen LogP contribution < -0.4 is 5.32 Å². The van der Waals surface area contributed by atoms with Gasteiger partial charge in [0, 0.05) is 17.4 Å². The summed E-state index contributed by atoms with van der Waals surface area (Å²) in [7, 11) is 0. The molecule has 3 rings (SSSR count). The van der Waals surface area contributed by atoms with Gasteiger partial charge in [0.15, 0.2) is 0 Å². The second-order valence-corrected chi connectivity index (χ2v) is 5.37. The Hall–Kier alpha value is -2.07. The third-order valence-corrected chi connectivity index (χ3v) is 3.79. The van der Waals surface area contributed by atoms with Crippen molar-refractivity contribution in [2.75, 3.05) is 0 Å². The molecule has 0 atom stereocenters. The zero-order valence-corrected chi connectivity index (χ0v) is 11.4. The number of thiophene rings is 1. The lowest BCUT2D eigenvalue weighted by Gasteiger charge is -2.01. The SMILES string of the molecule is Cc1ccc2[nH]c(C(=O)NCc3ccsc3)cc2c1. The van der Waals surface area contributed by atoms with Crippen LogP contribution in [0.4, 0.5) is 0 Å². The Morgan fingerprint density at radius 3 is 3.00 bits per heavy atom. The van der Waals surface area contributed by atoms with Crippen molar-refractivity contribution >= 4 is 28.1 Å². The van der Waals surface area contributed by atoms with Crippen LogP contribution in [0.2, 0.25) is 0 Å². The van der Waals surface area contributed by atoms with Crippen molar-refractivity contribution in [1.29, 1.82) is 0 Å². The highest BCUT2D eigenvalue weighted by Gasteiger charge is 2.09. The predicted octanol–water partition coefficient (Wildman–Crippen LogP) is 3.47. The molecular weight excluding hydrogens is 256 g/mol. The minimum absolute atomic E-state index is 0.0694. The third-order valence-electron chi connectivity index (χ3n) is 3.05. The molecule has 1 aromatic carbocycles. The number of hydrogen-bond acceptors (Lipinski definition) is 2. The molecule has 2 heterocycles. The van der Waals surface area contributed by atoms with E-state index in [2.05, 4.69) is 16.4 Å². The van der Waals surface area contributed by atoms with Crippen LogP contribution in [0.15, 0.2) is 41.1 Å². The van der Waals surface area contributed by atoms with Crippen molar-refractivity contribution in [3.05, 3.63) is 57.9 Å². The molecular formula is C15H14N2OS. The smallest absolute Gasteiger partial charge is 0.267 e. The minimum atomic E-state index is -0.0694. The Morgan fingerprint density at radius 1 is 1.32 bits per heavy atom. The summed E-state index contributed by atoms with van der Waals surface area (Å²) in [5, 5.41) is 8.03. The van der Waals surface area contributed by atoms with Gasteiger partial charge < -0.3 is 10.3 Å². The lowest BCUT2D eigenvalue weighted by atomic mass is 10.2. The van der Waals surface area contributed by atoms with Gasteiger partial charge in [-0.15, -0.1) is 0 Å². The van der Waals surface area contributed by atoms with E-state index < -0.39 is 0 Å². The van der Waals surface area contributed by atoms with E-state index in [1.165, 1.54) is 5.56 Å². The fourth-order valence-corrected chi connectivity index (χ4v) is 2.71. The van der Waals surface area contributed by atoms with Gasteiger partial charge in [-0.05, 0) is 47.5 Å². The molecule has 2 aromatic heterocycles. The number of aryl methyl sites for hydroxylation is 1. The van der Waals surface area contributed by atoms with Crippen LogP contribution in [0.5, 0.6) is 0 Å². The summed E-state index contributed by atoms with van der Waals surface area (Å²) in [5.74, 6) is -0.0694. The van der Waals surface area contributed by atoms with Crippen LogP contribution in [-0.2, 0) is 6.54 Å². The van der Waals surface area contributed by atoms with E-state index in [-0.39, 0.29) is 5.91 Å². The summed E-state index contributed by atoms with van der Waals surface area (Å²) in [5.41, 5.74) is 3.92. The van der Waals surface area contributed by atoms with E-state index in [4.69, 9.17) is 0 Å². The van der Waals surface area contributed by atoms with Gasteiger partial charge in [0.1, 0.15) is 5.69 Å². The quantitative estimate of drug-likeness (QED) is 0.752. The normalized spacial score (nSPS) is 10.8. The maximum absolute atomic E-state index is 12.1. The number of carbonyl (C=O) groups excluding carboxylic acids is 1. The first-order valence-corrected chi connectivity index (χ1v) is 7.05. The molecule has 1 amide bonds. The molecule has 0 aliphatic heterocycles. The zero-order chi connectivity index (χ0) is 13.2. The molecule has 0 saturated carbocycles. The molecule has 3 aromatic rings. The first-order valence-electron chi connectivity index (χ1n) is 6.11. The lowest BCUT2D eigenvalue weighted by molar-refractivity contribution is 0.0947. The largest absolute Gasteiger partial charge is 0.351 e. The second-order valence-electron chi connectivity index (χ2n) is 4.59. The molecule has 0 aliphatic carbocycles. The number of benzene rings is 1. The molecule has 0 unspecified atom stereocenters. The van der Waals surface area contributed by atoms with E-state index in [0.29, 0.717) is 12.2 Å². The average Bonchev–Trinajstić information content (AvgIpc) is 3.04. The maximum Gasteiger partial charge on any atom is 0.267 e. The van der Waals surface area contributed by atoms with Gasteiger partial charge >= 0.3 is 0 Å². The number of H-pyrrole nitrogens is 1. The topological polar surface area (TPSA) is 44.9 Å². The van der Waals surface area contributed by atoms with E-state index in [9.17, 15) is 4.79 Å². The molecule has 0 radical (unpaired) electrons. The number of aromatic nitrogens is 1. The van der Waals surface area contributed by atoms with E-state index >= 15 is 0 Å². The fraction of sp³-hybridized carbons (Fsp3) is 0.133. The van der Waals surface area contributed by atoms with Gasteiger partial charge in [0.25, 0.3) is 5.91 Å². The molecule has 4 heteroatoms. The number of aromatic amines is 1. The zero-order valence-electron chi connectivity index (χ0n) is 10.6. The number of rotatable bonds is 3. The fourth-order valence-electron chi connectivity index (χ4n) is 2.05. The molecule has 0 fully saturated rings. The Bertz CT molecular complexity index is 713. The predicted molar refractivity (Wildman–Crippen MR) is 78.5 cm³/mol. The minimum Gasteiger partial charge on any atom is -0.351 e. The van der Waals surface area contributed by atoms with Gasteiger partial charge in [0.2, 0.25) is 0 Å². The molecule has 19 heavy (non-hydrogen) atoms. The van der Waals surface area contributed by atoms with Gasteiger partial charge in [-0.1, -0.05) is 11.6 Å². The maximum atomic E-state index is 12.1. The molecule has 0 aliphatic rings. The number of fused-ring (bicyclic) bond motifs is 1. The Balaban J connectivity index is 1.77. The van der Waals surface area contributed by atoms with Crippen molar-refractivity contribution in [3.8, 4) is 0 Å². The van der Waals surface area contributed by atoms with E-state index in [0.717, 1.165) is 16.5 Å². The molecule has 3 nitrogen and oxygen atoms in total. The van der Waals surface area contributed by atoms with Crippen molar-refractivity contribution < 1.29 is 4.79 Å². The summed E-state index contributed by atoms with van der Waals surface area (Å²) in [6, 6.07) is 10.0. The summed E-state index contributed by atoms with van der Waals surface area (Å²) in [6.45, 7) is 2.61.